The maximum Gasteiger partial charge on any atom is 0.412 e. The molecular weight excluding hydrogens is 293 g/mol. The Morgan fingerprint density at radius 1 is 1.36 bits per heavy atom. The van der Waals surface area contributed by atoms with Crippen LogP contribution in [0.25, 0.3) is 0 Å². The molecule has 1 atom stereocenters. The molecule has 0 aliphatic carbocycles. The van der Waals surface area contributed by atoms with E-state index in [9.17, 15) is 19.1 Å². The molecule has 122 valence electrons. The first-order valence-electron chi connectivity index (χ1n) is 6.66. The molecule has 1 aromatic rings. The average Bonchev–Trinajstić information content (AvgIpc) is 2.35. The van der Waals surface area contributed by atoms with Gasteiger partial charge in [0.2, 0.25) is 0 Å². The zero-order valence-electron chi connectivity index (χ0n) is 13.0. The normalized spacial score (nSPS) is 12.5. The third-order valence-electron chi connectivity index (χ3n) is 2.59. The molecule has 22 heavy (non-hydrogen) atoms. The first-order valence-corrected chi connectivity index (χ1v) is 6.66. The van der Waals surface area contributed by atoms with Gasteiger partial charge in [-0.15, -0.1) is 0 Å². The SMILES string of the molecule is COC(=O)C[C@H](O)c1ccc(NC(=O)OC(C)(C)C)cc1F. The van der Waals surface area contributed by atoms with Crippen molar-refractivity contribution in [3.05, 3.63) is 29.6 Å². The summed E-state index contributed by atoms with van der Waals surface area (Å²) in [7, 11) is 1.18. The molecule has 0 saturated heterocycles. The number of rotatable bonds is 4. The largest absolute Gasteiger partial charge is 0.469 e. The number of ether oxygens (including phenoxy) is 2. The fourth-order valence-electron chi connectivity index (χ4n) is 1.65. The van der Waals surface area contributed by atoms with E-state index in [0.717, 1.165) is 6.07 Å². The van der Waals surface area contributed by atoms with Crippen LogP contribution in [0.5, 0.6) is 0 Å². The number of aliphatic hydroxyl groups is 1. The van der Waals surface area contributed by atoms with Crippen molar-refractivity contribution >= 4 is 17.7 Å². The Labute approximate surface area is 128 Å². The molecule has 7 heteroatoms. The zero-order valence-corrected chi connectivity index (χ0v) is 13.0. The fraction of sp³-hybridized carbons (Fsp3) is 0.467. The van der Waals surface area contributed by atoms with E-state index < -0.39 is 29.6 Å². The molecule has 0 aromatic heterocycles. The summed E-state index contributed by atoms with van der Waals surface area (Å²) in [5.41, 5.74) is -0.542. The number of aliphatic hydroxyl groups excluding tert-OH is 1. The molecule has 0 aliphatic heterocycles. The Bertz CT molecular complexity index is 553. The Hall–Kier alpha value is -2.15. The van der Waals surface area contributed by atoms with Gasteiger partial charge in [0.25, 0.3) is 0 Å². The number of hydrogen-bond donors (Lipinski definition) is 2. The van der Waals surface area contributed by atoms with Crippen molar-refractivity contribution in [2.75, 3.05) is 12.4 Å². The number of anilines is 1. The first-order chi connectivity index (χ1) is 10.1. The monoisotopic (exact) mass is 313 g/mol. The van der Waals surface area contributed by atoms with Gasteiger partial charge in [0.15, 0.2) is 0 Å². The lowest BCUT2D eigenvalue weighted by Crippen LogP contribution is -2.27. The zero-order chi connectivity index (χ0) is 16.9. The molecular formula is C15H20FNO5. The maximum atomic E-state index is 13.9. The number of methoxy groups -OCH3 is 1. The number of halogens is 1. The average molecular weight is 313 g/mol. The summed E-state index contributed by atoms with van der Waals surface area (Å²) in [4.78, 5) is 22.7. The van der Waals surface area contributed by atoms with E-state index in [0.29, 0.717) is 0 Å². The van der Waals surface area contributed by atoms with Crippen LogP contribution < -0.4 is 5.32 Å². The highest BCUT2D eigenvalue weighted by molar-refractivity contribution is 5.84. The molecule has 1 aromatic carbocycles. The number of amides is 1. The van der Waals surface area contributed by atoms with Crippen LogP contribution in [0.3, 0.4) is 0 Å². The van der Waals surface area contributed by atoms with Crippen molar-refractivity contribution < 1.29 is 28.6 Å². The van der Waals surface area contributed by atoms with E-state index in [4.69, 9.17) is 4.74 Å². The quantitative estimate of drug-likeness (QED) is 0.835. The number of nitrogens with one attached hydrogen (secondary N) is 1. The Balaban J connectivity index is 2.77. The van der Waals surface area contributed by atoms with Crippen LogP contribution in [-0.2, 0) is 14.3 Å². The number of carbonyl (C=O) groups excluding carboxylic acids is 2. The summed E-state index contributed by atoms with van der Waals surface area (Å²) >= 11 is 0. The highest BCUT2D eigenvalue weighted by Crippen LogP contribution is 2.23. The summed E-state index contributed by atoms with van der Waals surface area (Å²) in [6.07, 6.45) is -2.38. The van der Waals surface area contributed by atoms with Gasteiger partial charge in [-0.25, -0.2) is 9.18 Å². The summed E-state index contributed by atoms with van der Waals surface area (Å²) in [6, 6.07) is 3.73. The molecule has 0 unspecified atom stereocenters. The van der Waals surface area contributed by atoms with Crippen LogP contribution in [0.2, 0.25) is 0 Å². The van der Waals surface area contributed by atoms with Crippen molar-refractivity contribution in [3.8, 4) is 0 Å². The van der Waals surface area contributed by atoms with Gasteiger partial charge in [-0.2, -0.15) is 0 Å². The smallest absolute Gasteiger partial charge is 0.412 e. The van der Waals surface area contributed by atoms with Crippen molar-refractivity contribution in [3.63, 3.8) is 0 Å². The van der Waals surface area contributed by atoms with Crippen LogP contribution >= 0.6 is 0 Å². The minimum atomic E-state index is -1.32. The number of carbonyl (C=O) groups is 2. The fourth-order valence-corrected chi connectivity index (χ4v) is 1.65. The van der Waals surface area contributed by atoms with Crippen molar-refractivity contribution in [2.45, 2.75) is 38.9 Å². The topological polar surface area (TPSA) is 84.9 Å². The molecule has 0 spiro atoms. The van der Waals surface area contributed by atoms with Crippen molar-refractivity contribution in [1.82, 2.24) is 0 Å². The highest BCUT2D eigenvalue weighted by atomic mass is 19.1. The summed E-state index contributed by atoms with van der Waals surface area (Å²) in [5.74, 6) is -1.40. The molecule has 6 nitrogen and oxygen atoms in total. The standard InChI is InChI=1S/C15H20FNO5/c1-15(2,3)22-14(20)17-9-5-6-10(11(16)7-9)12(18)8-13(19)21-4/h5-7,12,18H,8H2,1-4H3,(H,17,20)/t12-/m0/s1. The van der Waals surface area contributed by atoms with E-state index in [2.05, 4.69) is 10.1 Å². The second kappa shape index (κ2) is 7.22. The van der Waals surface area contributed by atoms with Gasteiger partial charge in [0.05, 0.1) is 19.6 Å². The molecule has 0 aliphatic rings. The number of benzene rings is 1. The minimum Gasteiger partial charge on any atom is -0.469 e. The predicted molar refractivity (Wildman–Crippen MR) is 77.8 cm³/mol. The molecule has 1 rings (SSSR count). The van der Waals surface area contributed by atoms with E-state index in [1.165, 1.54) is 19.2 Å². The number of esters is 1. The van der Waals surface area contributed by atoms with Gasteiger partial charge in [0, 0.05) is 11.3 Å². The van der Waals surface area contributed by atoms with Crippen LogP contribution in [0, 0.1) is 5.82 Å². The summed E-state index contributed by atoms with van der Waals surface area (Å²) in [6.45, 7) is 5.12. The second-order valence-corrected chi connectivity index (χ2v) is 5.66. The maximum absolute atomic E-state index is 13.9. The third-order valence-corrected chi connectivity index (χ3v) is 2.59. The lowest BCUT2D eigenvalue weighted by Gasteiger charge is -2.20. The Morgan fingerprint density at radius 3 is 2.50 bits per heavy atom. The van der Waals surface area contributed by atoms with Crippen LogP contribution in [0.15, 0.2) is 18.2 Å². The summed E-state index contributed by atoms with van der Waals surface area (Å²) in [5, 5.41) is 12.2. The van der Waals surface area contributed by atoms with Gasteiger partial charge in [-0.05, 0) is 32.9 Å². The lowest BCUT2D eigenvalue weighted by molar-refractivity contribution is -0.142. The Morgan fingerprint density at radius 2 is 2.00 bits per heavy atom. The van der Waals surface area contributed by atoms with Gasteiger partial charge in [-0.1, -0.05) is 6.07 Å². The van der Waals surface area contributed by atoms with Gasteiger partial charge < -0.3 is 14.6 Å². The molecule has 0 fully saturated rings. The summed E-state index contributed by atoms with van der Waals surface area (Å²) < 4.78 is 23.4. The molecule has 0 saturated carbocycles. The van der Waals surface area contributed by atoms with E-state index in [-0.39, 0.29) is 17.7 Å². The van der Waals surface area contributed by atoms with Gasteiger partial charge in [0.1, 0.15) is 11.4 Å². The molecule has 0 bridgehead atoms. The number of hydrogen-bond acceptors (Lipinski definition) is 5. The van der Waals surface area contributed by atoms with E-state index in [1.54, 1.807) is 20.8 Å². The predicted octanol–water partition coefficient (Wildman–Crippen LogP) is 2.77. The van der Waals surface area contributed by atoms with E-state index in [1.807, 2.05) is 0 Å². The first kappa shape index (κ1) is 17.9. The lowest BCUT2D eigenvalue weighted by atomic mass is 10.1. The molecule has 2 N–H and O–H groups in total. The molecule has 1 amide bonds. The molecule has 0 heterocycles. The third kappa shape index (κ3) is 5.69. The van der Waals surface area contributed by atoms with Crippen molar-refractivity contribution in [1.29, 1.82) is 0 Å². The van der Waals surface area contributed by atoms with Gasteiger partial charge in [-0.3, -0.25) is 10.1 Å². The second-order valence-electron chi connectivity index (χ2n) is 5.66. The van der Waals surface area contributed by atoms with E-state index >= 15 is 0 Å². The van der Waals surface area contributed by atoms with Crippen LogP contribution in [0.1, 0.15) is 38.9 Å². The van der Waals surface area contributed by atoms with Gasteiger partial charge >= 0.3 is 12.1 Å². The minimum absolute atomic E-state index is 0.0554. The van der Waals surface area contributed by atoms with Crippen LogP contribution in [0.4, 0.5) is 14.9 Å². The highest BCUT2D eigenvalue weighted by Gasteiger charge is 2.19. The molecule has 0 radical (unpaired) electrons. The van der Waals surface area contributed by atoms with Crippen molar-refractivity contribution in [2.24, 2.45) is 0 Å². The Kier molecular flexibility index (Phi) is 5.87. The van der Waals surface area contributed by atoms with Crippen LogP contribution in [-0.4, -0.2) is 29.9 Å².